The van der Waals surface area contributed by atoms with Gasteiger partial charge < -0.3 is 53.7 Å². The van der Waals surface area contributed by atoms with Crippen LogP contribution >= 0.6 is 35.8 Å². The van der Waals surface area contributed by atoms with Crippen LogP contribution in [0.25, 0.3) is 32.7 Å². The average molecular weight is 689 g/mol. The van der Waals surface area contributed by atoms with Gasteiger partial charge in [-0.3, -0.25) is 0 Å². The van der Waals surface area contributed by atoms with Gasteiger partial charge in [0.2, 0.25) is 0 Å². The average Bonchev–Trinajstić information content (AvgIpc) is 3.06. The minimum absolute atomic E-state index is 0.0844. The summed E-state index contributed by atoms with van der Waals surface area (Å²) >= 11 is 2.63. The molecule has 0 bridgehead atoms. The molecule has 0 unspecified atom stereocenters. The zero-order chi connectivity index (χ0) is 34.2. The van der Waals surface area contributed by atoms with Gasteiger partial charge in [-0.1, -0.05) is 37.3 Å². The SMILES string of the molecule is CCSc1cc2ccc(N)cc2c(O)c1N.Nc1c(SO)cc2cc(SO)cc(N)c2c1O.Nc1ccc(-c2ccc(N)cc2)cc1. The molecule has 6 aromatic rings. The molecule has 0 amide bonds. The molecule has 0 fully saturated rings. The Hall–Kier alpha value is -4.79. The monoisotopic (exact) mass is 688 g/mol. The van der Waals surface area contributed by atoms with Crippen LogP contribution in [0.1, 0.15) is 6.92 Å². The van der Waals surface area contributed by atoms with E-state index in [0.29, 0.717) is 67.1 Å². The molecule has 0 aliphatic rings. The first-order valence-corrected chi connectivity index (χ1v) is 16.6. The third-order valence-electron chi connectivity index (χ3n) is 7.01. The fraction of sp³-hybridized carbons (Fsp3) is 0.0588. The molecule has 0 aliphatic heterocycles. The summed E-state index contributed by atoms with van der Waals surface area (Å²) in [7, 11) is 0. The molecular weight excluding hydrogens is 653 g/mol. The maximum Gasteiger partial charge on any atom is 0.149 e. The number of nitrogens with two attached hydrogens (primary N) is 6. The molecule has 6 aromatic carbocycles. The zero-order valence-electron chi connectivity index (χ0n) is 25.3. The Morgan fingerprint density at radius 3 is 1.62 bits per heavy atom. The van der Waals surface area contributed by atoms with E-state index < -0.39 is 0 Å². The van der Waals surface area contributed by atoms with E-state index in [4.69, 9.17) is 43.5 Å². The summed E-state index contributed by atoms with van der Waals surface area (Å²) < 4.78 is 18.0. The number of benzene rings is 6. The second-order valence-corrected chi connectivity index (χ2v) is 12.8. The molecule has 0 atom stereocenters. The minimum atomic E-state index is -0.161. The molecule has 0 saturated heterocycles. The number of phenols is 2. The number of aromatic hydroxyl groups is 2. The molecule has 244 valence electrons. The normalized spacial score (nSPS) is 10.6. The quantitative estimate of drug-likeness (QED) is 0.0356. The van der Waals surface area contributed by atoms with E-state index in [9.17, 15) is 10.2 Å². The van der Waals surface area contributed by atoms with Gasteiger partial charge in [-0.25, -0.2) is 0 Å². The molecule has 0 saturated carbocycles. The number of phenolic OH excluding ortho intramolecular Hbond substituents is 2. The molecule has 47 heavy (non-hydrogen) atoms. The second kappa shape index (κ2) is 15.7. The van der Waals surface area contributed by atoms with E-state index in [0.717, 1.165) is 38.5 Å². The van der Waals surface area contributed by atoms with Crippen molar-refractivity contribution >= 4 is 91.5 Å². The smallest absolute Gasteiger partial charge is 0.149 e. The van der Waals surface area contributed by atoms with Crippen molar-refractivity contribution in [1.29, 1.82) is 0 Å². The van der Waals surface area contributed by atoms with Crippen molar-refractivity contribution in [2.75, 3.05) is 40.2 Å². The van der Waals surface area contributed by atoms with E-state index in [1.54, 1.807) is 30.0 Å². The van der Waals surface area contributed by atoms with E-state index in [1.165, 1.54) is 6.07 Å². The highest BCUT2D eigenvalue weighted by Gasteiger charge is 2.14. The summed E-state index contributed by atoms with van der Waals surface area (Å²) in [5, 5.41) is 22.6. The van der Waals surface area contributed by atoms with Crippen molar-refractivity contribution in [3.8, 4) is 22.6 Å². The first kappa shape index (κ1) is 35.1. The number of fused-ring (bicyclic) bond motifs is 2. The molecule has 0 radical (unpaired) electrons. The summed E-state index contributed by atoms with van der Waals surface area (Å²) in [6.07, 6.45) is 0. The van der Waals surface area contributed by atoms with Crippen LogP contribution in [-0.2, 0) is 0 Å². The highest BCUT2D eigenvalue weighted by molar-refractivity contribution is 7.99. The number of nitrogen functional groups attached to an aromatic ring is 6. The van der Waals surface area contributed by atoms with Crippen molar-refractivity contribution in [2.24, 2.45) is 0 Å². The third kappa shape index (κ3) is 8.33. The van der Waals surface area contributed by atoms with Gasteiger partial charge >= 0.3 is 0 Å². The van der Waals surface area contributed by atoms with Crippen LogP contribution in [0, 0.1) is 0 Å². The van der Waals surface area contributed by atoms with E-state index in [1.807, 2.05) is 73.7 Å². The van der Waals surface area contributed by atoms with Crippen molar-refractivity contribution in [1.82, 2.24) is 0 Å². The third-order valence-corrected chi connectivity index (χ3v) is 8.93. The second-order valence-electron chi connectivity index (χ2n) is 10.2. The molecule has 0 aromatic heterocycles. The summed E-state index contributed by atoms with van der Waals surface area (Å²) in [5.74, 6) is 0.885. The van der Waals surface area contributed by atoms with Crippen molar-refractivity contribution in [3.63, 3.8) is 0 Å². The summed E-state index contributed by atoms with van der Waals surface area (Å²) in [5.41, 5.74) is 39.5. The predicted octanol–water partition coefficient (Wildman–Crippen LogP) is 8.18. The van der Waals surface area contributed by atoms with Gasteiger partial charge in [-0.2, -0.15) is 0 Å². The van der Waals surface area contributed by atoms with E-state index in [2.05, 4.69) is 0 Å². The fourth-order valence-electron chi connectivity index (χ4n) is 4.66. The van der Waals surface area contributed by atoms with Crippen LogP contribution in [0.2, 0.25) is 0 Å². The van der Waals surface area contributed by atoms with Crippen molar-refractivity contribution in [2.45, 2.75) is 21.6 Å². The Bertz CT molecular complexity index is 1970. The lowest BCUT2D eigenvalue weighted by Gasteiger charge is -2.11. The minimum Gasteiger partial charge on any atom is -0.505 e. The van der Waals surface area contributed by atoms with Crippen LogP contribution < -0.4 is 34.4 Å². The lowest BCUT2D eigenvalue weighted by atomic mass is 10.1. The summed E-state index contributed by atoms with van der Waals surface area (Å²) in [6, 6.07) is 27.8. The Balaban J connectivity index is 0.000000160. The number of hydrogen-bond acceptors (Lipinski definition) is 13. The number of anilines is 6. The maximum atomic E-state index is 10.00. The van der Waals surface area contributed by atoms with E-state index >= 15 is 0 Å². The largest absolute Gasteiger partial charge is 0.505 e. The van der Waals surface area contributed by atoms with Crippen LogP contribution in [0.4, 0.5) is 34.1 Å². The predicted molar refractivity (Wildman–Crippen MR) is 203 cm³/mol. The van der Waals surface area contributed by atoms with Gasteiger partial charge in [-0.15, -0.1) is 11.8 Å². The van der Waals surface area contributed by atoms with Crippen molar-refractivity contribution in [3.05, 3.63) is 91.0 Å². The summed E-state index contributed by atoms with van der Waals surface area (Å²) in [6.45, 7) is 2.05. The Morgan fingerprint density at radius 1 is 0.553 bits per heavy atom. The molecule has 13 heteroatoms. The van der Waals surface area contributed by atoms with Crippen molar-refractivity contribution < 1.29 is 19.3 Å². The first-order valence-electron chi connectivity index (χ1n) is 14.1. The van der Waals surface area contributed by atoms with E-state index in [-0.39, 0.29) is 17.2 Å². The van der Waals surface area contributed by atoms with Gasteiger partial charge in [0.15, 0.2) is 0 Å². The Labute approximate surface area is 285 Å². The van der Waals surface area contributed by atoms with Gasteiger partial charge in [0.1, 0.15) is 11.5 Å². The molecule has 6 rings (SSSR count). The topological polar surface area (TPSA) is 237 Å². The van der Waals surface area contributed by atoms with Crippen LogP contribution in [0.3, 0.4) is 0 Å². The van der Waals surface area contributed by atoms with Crippen LogP contribution in [0.15, 0.2) is 106 Å². The molecule has 0 heterocycles. The Kier molecular flexibility index (Phi) is 11.7. The number of rotatable bonds is 5. The van der Waals surface area contributed by atoms with Crippen LogP contribution in [-0.4, -0.2) is 25.1 Å². The van der Waals surface area contributed by atoms with Gasteiger partial charge in [0.25, 0.3) is 0 Å². The standard InChI is InChI=1S/C12H14N2OS.C12H12N2.C10H10N2O3S2/c1-2-16-10-5-7-3-4-8(13)6-9(7)12(15)11(10)14;13-11-5-1-9(2-6-11)10-3-7-12(14)8-4-10;11-6-3-5(16-14)1-4-2-7(17-15)9(12)10(13)8(4)6/h3-6,15H,2,13-14H2,1H3;1-8H,13-14H2;1-3,13-15H,11-12H2. The molecule has 0 aliphatic carbocycles. The van der Waals surface area contributed by atoms with Gasteiger partial charge in [0, 0.05) is 67.4 Å². The molecule has 10 nitrogen and oxygen atoms in total. The highest BCUT2D eigenvalue weighted by Crippen LogP contribution is 2.42. The number of hydrogen-bond donors (Lipinski definition) is 10. The summed E-state index contributed by atoms with van der Waals surface area (Å²) in [4.78, 5) is 1.81. The lowest BCUT2D eigenvalue weighted by Crippen LogP contribution is -1.94. The highest BCUT2D eigenvalue weighted by atomic mass is 32.2. The molecular formula is C34H36N6O4S3. The fourth-order valence-corrected chi connectivity index (χ4v) is 6.16. The lowest BCUT2D eigenvalue weighted by molar-refractivity contribution is 0.482. The van der Waals surface area contributed by atoms with Gasteiger partial charge in [-0.05, 0) is 88.3 Å². The Morgan fingerprint density at radius 2 is 1.09 bits per heavy atom. The maximum absolute atomic E-state index is 10.00. The molecule has 0 spiro atoms. The zero-order valence-corrected chi connectivity index (χ0v) is 27.8. The first-order chi connectivity index (χ1) is 22.5. The van der Waals surface area contributed by atoms with Gasteiger partial charge in [0.05, 0.1) is 16.3 Å². The number of thioether (sulfide) groups is 1. The van der Waals surface area contributed by atoms with Crippen LogP contribution in [0.5, 0.6) is 11.5 Å². The molecule has 16 N–H and O–H groups in total.